The number of rotatable bonds is 3. The lowest BCUT2D eigenvalue weighted by Gasteiger charge is -2.10. The van der Waals surface area contributed by atoms with Gasteiger partial charge in [-0.15, -0.1) is 0 Å². The molecule has 1 N–H and O–H groups in total. The number of carbonyl (C=O) groups excluding carboxylic acids is 1. The van der Waals surface area contributed by atoms with Gasteiger partial charge in [-0.3, -0.25) is 9.78 Å². The van der Waals surface area contributed by atoms with Crippen molar-refractivity contribution in [1.82, 2.24) is 9.88 Å². The van der Waals surface area contributed by atoms with Gasteiger partial charge in [-0.25, -0.2) is 4.79 Å². The van der Waals surface area contributed by atoms with Gasteiger partial charge in [-0.1, -0.05) is 6.07 Å². The predicted molar refractivity (Wildman–Crippen MR) is 58.9 cm³/mol. The highest BCUT2D eigenvalue weighted by Gasteiger charge is 2.12. The monoisotopic (exact) mass is 220 g/mol. The van der Waals surface area contributed by atoms with Gasteiger partial charge in [0.25, 0.3) is 5.91 Å². The van der Waals surface area contributed by atoms with Crippen molar-refractivity contribution in [2.75, 3.05) is 14.1 Å². The second-order valence-corrected chi connectivity index (χ2v) is 3.31. The van der Waals surface area contributed by atoms with Gasteiger partial charge < -0.3 is 10.0 Å². The molecule has 0 aromatic carbocycles. The third kappa shape index (κ3) is 2.91. The van der Waals surface area contributed by atoms with E-state index in [2.05, 4.69) is 4.98 Å². The van der Waals surface area contributed by atoms with Gasteiger partial charge in [0.05, 0.1) is 0 Å². The molecule has 0 bridgehead atoms. The number of carboxylic acids is 1. The van der Waals surface area contributed by atoms with Crippen LogP contribution < -0.4 is 0 Å². The number of amides is 1. The molecule has 0 atom stereocenters. The van der Waals surface area contributed by atoms with Crippen LogP contribution in [0, 0.1) is 0 Å². The number of carbonyl (C=O) groups is 2. The molecule has 0 unspecified atom stereocenters. The van der Waals surface area contributed by atoms with Crippen LogP contribution in [-0.4, -0.2) is 41.0 Å². The number of nitrogens with zero attached hydrogens (tertiary/aromatic N) is 2. The maximum absolute atomic E-state index is 11.7. The van der Waals surface area contributed by atoms with Gasteiger partial charge in [0.15, 0.2) is 0 Å². The highest BCUT2D eigenvalue weighted by Crippen LogP contribution is 2.09. The summed E-state index contributed by atoms with van der Waals surface area (Å²) in [5, 5.41) is 8.51. The second kappa shape index (κ2) is 5.06. The summed E-state index contributed by atoms with van der Waals surface area (Å²) in [5.41, 5.74) is 0.730. The Bertz CT molecular complexity index is 439. The maximum atomic E-state index is 11.7. The molecule has 0 radical (unpaired) electrons. The molecule has 0 aliphatic carbocycles. The Morgan fingerprint density at radius 1 is 1.44 bits per heavy atom. The summed E-state index contributed by atoms with van der Waals surface area (Å²) < 4.78 is 0. The highest BCUT2D eigenvalue weighted by molar-refractivity contribution is 5.96. The average Bonchev–Trinajstić information content (AvgIpc) is 2.25. The van der Waals surface area contributed by atoms with E-state index >= 15 is 0 Å². The first kappa shape index (κ1) is 11.9. The van der Waals surface area contributed by atoms with Gasteiger partial charge in [-0.05, 0) is 12.1 Å². The fraction of sp³-hybridized carbons (Fsp3) is 0.182. The topological polar surface area (TPSA) is 70.5 Å². The Morgan fingerprint density at radius 2 is 2.12 bits per heavy atom. The van der Waals surface area contributed by atoms with E-state index in [-0.39, 0.29) is 11.6 Å². The largest absolute Gasteiger partial charge is 0.478 e. The van der Waals surface area contributed by atoms with E-state index in [0.717, 1.165) is 6.08 Å². The van der Waals surface area contributed by atoms with Crippen LogP contribution in [0.15, 0.2) is 24.4 Å². The van der Waals surface area contributed by atoms with Crippen molar-refractivity contribution in [2.45, 2.75) is 0 Å². The molecular formula is C11H12N2O3. The van der Waals surface area contributed by atoms with E-state index in [1.807, 2.05) is 0 Å². The number of carboxylic acid groups (broad SMARTS) is 1. The first-order valence-electron chi connectivity index (χ1n) is 4.60. The summed E-state index contributed by atoms with van der Waals surface area (Å²) in [6, 6.07) is 3.29. The van der Waals surface area contributed by atoms with Gasteiger partial charge in [-0.2, -0.15) is 0 Å². The Hall–Kier alpha value is -2.17. The van der Waals surface area contributed by atoms with Crippen molar-refractivity contribution in [3.05, 3.63) is 35.7 Å². The Balaban J connectivity index is 3.10. The van der Waals surface area contributed by atoms with Crippen molar-refractivity contribution < 1.29 is 14.7 Å². The zero-order valence-corrected chi connectivity index (χ0v) is 9.04. The lowest BCUT2D eigenvalue weighted by atomic mass is 10.1. The molecule has 1 aromatic heterocycles. The lowest BCUT2D eigenvalue weighted by Crippen LogP contribution is -2.23. The number of aliphatic carboxylic acids is 1. The predicted octanol–water partition coefficient (Wildman–Crippen LogP) is 0.881. The van der Waals surface area contributed by atoms with Crippen LogP contribution in [0.5, 0.6) is 0 Å². The van der Waals surface area contributed by atoms with Crippen molar-refractivity contribution in [1.29, 1.82) is 0 Å². The van der Waals surface area contributed by atoms with Crippen LogP contribution in [0.25, 0.3) is 6.08 Å². The van der Waals surface area contributed by atoms with Crippen LogP contribution in [0.3, 0.4) is 0 Å². The Morgan fingerprint density at radius 3 is 2.69 bits per heavy atom. The summed E-state index contributed by atoms with van der Waals surface area (Å²) in [7, 11) is 3.23. The minimum absolute atomic E-state index is 0.241. The van der Waals surface area contributed by atoms with E-state index < -0.39 is 5.97 Å². The van der Waals surface area contributed by atoms with Crippen LogP contribution >= 0.6 is 0 Å². The smallest absolute Gasteiger partial charge is 0.328 e. The number of hydrogen-bond donors (Lipinski definition) is 1. The van der Waals surface area contributed by atoms with E-state index in [0.29, 0.717) is 5.56 Å². The normalized spacial score (nSPS) is 10.4. The van der Waals surface area contributed by atoms with Crippen LogP contribution in [0.4, 0.5) is 0 Å². The van der Waals surface area contributed by atoms with Crippen LogP contribution in [0.2, 0.25) is 0 Å². The molecule has 0 aliphatic heterocycles. The molecule has 16 heavy (non-hydrogen) atoms. The minimum Gasteiger partial charge on any atom is -0.478 e. The number of pyridine rings is 1. The Labute approximate surface area is 93.0 Å². The SMILES string of the molecule is CN(C)C(=O)c1ncccc1/C=C/C(=O)O. The third-order valence-corrected chi connectivity index (χ3v) is 1.85. The first-order valence-corrected chi connectivity index (χ1v) is 4.60. The fourth-order valence-electron chi connectivity index (χ4n) is 1.10. The highest BCUT2D eigenvalue weighted by atomic mass is 16.4. The van der Waals surface area contributed by atoms with Gasteiger partial charge in [0, 0.05) is 31.9 Å². The molecular weight excluding hydrogens is 208 g/mol. The molecule has 5 heteroatoms. The molecule has 84 valence electrons. The van der Waals surface area contributed by atoms with Crippen molar-refractivity contribution in [3.8, 4) is 0 Å². The van der Waals surface area contributed by atoms with Gasteiger partial charge >= 0.3 is 5.97 Å². The molecule has 1 aromatic rings. The van der Waals surface area contributed by atoms with E-state index in [1.165, 1.54) is 17.2 Å². The van der Waals surface area contributed by atoms with Crippen molar-refractivity contribution in [3.63, 3.8) is 0 Å². The second-order valence-electron chi connectivity index (χ2n) is 3.31. The molecule has 1 heterocycles. The summed E-state index contributed by atoms with van der Waals surface area (Å²) in [4.78, 5) is 27.4. The van der Waals surface area contributed by atoms with E-state index in [1.54, 1.807) is 26.2 Å². The van der Waals surface area contributed by atoms with Crippen LogP contribution in [0.1, 0.15) is 16.1 Å². The van der Waals surface area contributed by atoms with Crippen molar-refractivity contribution in [2.24, 2.45) is 0 Å². The fourth-order valence-corrected chi connectivity index (χ4v) is 1.10. The Kier molecular flexibility index (Phi) is 3.77. The first-order chi connectivity index (χ1) is 7.52. The quantitative estimate of drug-likeness (QED) is 0.768. The van der Waals surface area contributed by atoms with E-state index in [4.69, 9.17) is 5.11 Å². The molecule has 5 nitrogen and oxygen atoms in total. The van der Waals surface area contributed by atoms with Crippen molar-refractivity contribution >= 4 is 18.0 Å². The van der Waals surface area contributed by atoms with Gasteiger partial charge in [0.2, 0.25) is 0 Å². The zero-order chi connectivity index (χ0) is 12.1. The molecule has 1 rings (SSSR count). The summed E-state index contributed by atoms with van der Waals surface area (Å²) in [6.07, 6.45) is 3.82. The molecule has 1 amide bonds. The maximum Gasteiger partial charge on any atom is 0.328 e. The summed E-state index contributed by atoms with van der Waals surface area (Å²) in [6.45, 7) is 0. The molecule has 0 aliphatic rings. The summed E-state index contributed by atoms with van der Waals surface area (Å²) >= 11 is 0. The average molecular weight is 220 g/mol. The number of aromatic nitrogens is 1. The minimum atomic E-state index is -1.06. The standard InChI is InChI=1S/C11H12N2O3/c1-13(2)11(16)10-8(4-3-7-12-10)5-6-9(14)15/h3-7H,1-2H3,(H,14,15)/b6-5+. The van der Waals surface area contributed by atoms with Crippen LogP contribution in [-0.2, 0) is 4.79 Å². The zero-order valence-electron chi connectivity index (χ0n) is 9.04. The molecule has 0 spiro atoms. The summed E-state index contributed by atoms with van der Waals surface area (Å²) in [5.74, 6) is -1.32. The molecule has 0 fully saturated rings. The third-order valence-electron chi connectivity index (χ3n) is 1.85. The molecule has 0 saturated heterocycles. The lowest BCUT2D eigenvalue weighted by molar-refractivity contribution is -0.131. The number of hydrogen-bond acceptors (Lipinski definition) is 3. The molecule has 0 saturated carbocycles. The van der Waals surface area contributed by atoms with Gasteiger partial charge in [0.1, 0.15) is 5.69 Å². The van der Waals surface area contributed by atoms with E-state index in [9.17, 15) is 9.59 Å².